The molecule has 2 bridgehead atoms. The molecule has 3 aromatic rings. The Balaban J connectivity index is 1.20. The Morgan fingerprint density at radius 2 is 1.89 bits per heavy atom. The first kappa shape index (κ1) is 21.1. The Morgan fingerprint density at radius 1 is 1.06 bits per heavy atom. The molecule has 1 aromatic carbocycles. The SMILES string of the molecule is O=C(NC1CC1)c1cc2c(s1)-c1ccccc1N(C(=O)c1cccc(N3C4COCC3C4)n1)CC2. The quantitative estimate of drug-likeness (QED) is 0.606. The predicted octanol–water partition coefficient (Wildman–Crippen LogP) is 3.88. The minimum atomic E-state index is -0.0944. The van der Waals surface area contributed by atoms with Gasteiger partial charge in [-0.05, 0) is 55.5 Å². The van der Waals surface area contributed by atoms with E-state index < -0.39 is 0 Å². The summed E-state index contributed by atoms with van der Waals surface area (Å²) in [6, 6.07) is 16.8. The Hall–Kier alpha value is -3.23. The molecule has 3 aliphatic heterocycles. The molecule has 2 aromatic heterocycles. The van der Waals surface area contributed by atoms with Crippen LogP contribution in [0.15, 0.2) is 48.5 Å². The average molecular weight is 487 g/mol. The van der Waals surface area contributed by atoms with Gasteiger partial charge in [-0.1, -0.05) is 24.3 Å². The van der Waals surface area contributed by atoms with Gasteiger partial charge in [0.15, 0.2) is 0 Å². The molecule has 2 saturated heterocycles. The van der Waals surface area contributed by atoms with E-state index in [4.69, 9.17) is 9.72 Å². The first-order valence-corrected chi connectivity index (χ1v) is 13.2. The largest absolute Gasteiger partial charge is 0.377 e. The zero-order valence-electron chi connectivity index (χ0n) is 19.3. The third kappa shape index (κ3) is 3.63. The zero-order chi connectivity index (χ0) is 23.5. The van der Waals surface area contributed by atoms with Crippen molar-refractivity contribution in [3.8, 4) is 10.4 Å². The lowest BCUT2D eigenvalue weighted by Gasteiger charge is -2.53. The third-order valence-electron chi connectivity index (χ3n) is 7.40. The number of rotatable bonds is 4. The van der Waals surface area contributed by atoms with Crippen molar-refractivity contribution in [3.63, 3.8) is 0 Å². The summed E-state index contributed by atoms with van der Waals surface area (Å²) in [6.07, 6.45) is 3.95. The van der Waals surface area contributed by atoms with Gasteiger partial charge in [-0.2, -0.15) is 0 Å². The summed E-state index contributed by atoms with van der Waals surface area (Å²) >= 11 is 1.52. The second kappa shape index (κ2) is 8.17. The van der Waals surface area contributed by atoms with E-state index in [1.54, 1.807) is 0 Å². The summed E-state index contributed by atoms with van der Waals surface area (Å²) in [7, 11) is 0. The topological polar surface area (TPSA) is 74.8 Å². The molecule has 1 saturated carbocycles. The van der Waals surface area contributed by atoms with E-state index in [0.29, 0.717) is 36.8 Å². The van der Waals surface area contributed by atoms with Crippen LogP contribution in [0.2, 0.25) is 0 Å². The van der Waals surface area contributed by atoms with Gasteiger partial charge in [0.05, 0.1) is 35.9 Å². The lowest BCUT2D eigenvalue weighted by Crippen LogP contribution is -2.64. The van der Waals surface area contributed by atoms with Gasteiger partial charge < -0.3 is 19.9 Å². The molecular formula is C27H26N4O3S. The number of hydrogen-bond donors (Lipinski definition) is 1. The van der Waals surface area contributed by atoms with Crippen molar-refractivity contribution in [2.24, 2.45) is 0 Å². The second-order valence-electron chi connectivity index (χ2n) is 9.81. The van der Waals surface area contributed by atoms with Crippen LogP contribution in [0.1, 0.15) is 45.0 Å². The fraction of sp³-hybridized carbons (Fsp3) is 0.370. The number of thiophene rings is 1. The highest BCUT2D eigenvalue weighted by Gasteiger charge is 2.43. The zero-order valence-corrected chi connectivity index (χ0v) is 20.1. The maximum Gasteiger partial charge on any atom is 0.276 e. The van der Waals surface area contributed by atoms with Crippen LogP contribution in [0.25, 0.3) is 10.4 Å². The van der Waals surface area contributed by atoms with E-state index in [0.717, 1.165) is 64.9 Å². The smallest absolute Gasteiger partial charge is 0.276 e. The van der Waals surface area contributed by atoms with Gasteiger partial charge in [0, 0.05) is 23.0 Å². The van der Waals surface area contributed by atoms with Gasteiger partial charge in [-0.15, -0.1) is 11.3 Å². The van der Waals surface area contributed by atoms with Gasteiger partial charge in [-0.25, -0.2) is 4.98 Å². The summed E-state index contributed by atoms with van der Waals surface area (Å²) in [5.41, 5.74) is 3.44. The van der Waals surface area contributed by atoms with E-state index in [1.165, 1.54) is 11.3 Å². The number of aromatic nitrogens is 1. The van der Waals surface area contributed by atoms with Crippen molar-refractivity contribution in [1.82, 2.24) is 10.3 Å². The number of carbonyl (C=O) groups excluding carboxylic acids is 2. The molecule has 2 unspecified atom stereocenters. The van der Waals surface area contributed by atoms with Crippen LogP contribution < -0.4 is 15.1 Å². The molecule has 3 fully saturated rings. The number of pyridine rings is 1. The van der Waals surface area contributed by atoms with Gasteiger partial charge in [0.1, 0.15) is 11.5 Å². The van der Waals surface area contributed by atoms with E-state index in [1.807, 2.05) is 53.4 Å². The van der Waals surface area contributed by atoms with Gasteiger partial charge in [0.25, 0.3) is 11.8 Å². The van der Waals surface area contributed by atoms with E-state index >= 15 is 0 Å². The number of morpholine rings is 1. The number of benzene rings is 1. The number of ether oxygens (including phenoxy) is 1. The maximum atomic E-state index is 13.8. The summed E-state index contributed by atoms with van der Waals surface area (Å²) in [5, 5.41) is 3.09. The van der Waals surface area contributed by atoms with E-state index in [9.17, 15) is 9.59 Å². The molecule has 0 radical (unpaired) electrons. The number of para-hydroxylation sites is 1. The van der Waals surface area contributed by atoms with Gasteiger partial charge in [-0.3, -0.25) is 9.59 Å². The molecular weight excluding hydrogens is 460 g/mol. The highest BCUT2D eigenvalue weighted by Crippen LogP contribution is 2.42. The highest BCUT2D eigenvalue weighted by molar-refractivity contribution is 7.17. The first-order valence-electron chi connectivity index (χ1n) is 12.3. The fourth-order valence-electron chi connectivity index (χ4n) is 5.44. The van der Waals surface area contributed by atoms with E-state index in [-0.39, 0.29) is 11.8 Å². The average Bonchev–Trinajstić information content (AvgIpc) is 3.63. The fourth-order valence-corrected chi connectivity index (χ4v) is 6.59. The number of nitrogens with zero attached hydrogens (tertiary/aromatic N) is 3. The van der Waals surface area contributed by atoms with Crippen LogP contribution in [0.4, 0.5) is 11.5 Å². The van der Waals surface area contributed by atoms with Crippen LogP contribution in [-0.2, 0) is 11.2 Å². The summed E-state index contributed by atoms with van der Waals surface area (Å²) in [5.74, 6) is 0.773. The predicted molar refractivity (Wildman–Crippen MR) is 135 cm³/mol. The van der Waals surface area contributed by atoms with Crippen molar-refractivity contribution >= 4 is 34.7 Å². The molecule has 2 amide bonds. The molecule has 7 rings (SSSR count). The van der Waals surface area contributed by atoms with Crippen LogP contribution >= 0.6 is 11.3 Å². The number of nitrogens with one attached hydrogen (secondary N) is 1. The number of hydrogen-bond acceptors (Lipinski definition) is 6. The molecule has 8 heteroatoms. The number of fused-ring (bicyclic) bond motifs is 5. The van der Waals surface area contributed by atoms with Crippen LogP contribution in [-0.4, -0.2) is 54.7 Å². The van der Waals surface area contributed by atoms with Crippen LogP contribution in [0.3, 0.4) is 0 Å². The molecule has 178 valence electrons. The Bertz CT molecular complexity index is 1320. The molecule has 1 aliphatic carbocycles. The molecule has 0 spiro atoms. The van der Waals surface area contributed by atoms with Crippen molar-refractivity contribution < 1.29 is 14.3 Å². The molecule has 5 heterocycles. The standard InChI is InChI=1S/C27H26N4O3S/c32-26(28-17-8-9-17)23-12-16-10-11-30(22-6-2-1-4-20(22)25(16)35-23)27(33)21-5-3-7-24(29-21)31-18-13-19(31)15-34-14-18/h1-7,12,17-19H,8-11,13-15H2,(H,28,32). The second-order valence-corrected chi connectivity index (χ2v) is 10.9. The van der Waals surface area contributed by atoms with Crippen molar-refractivity contribution in [2.45, 2.75) is 43.8 Å². The lowest BCUT2D eigenvalue weighted by molar-refractivity contribution is 0.00968. The minimum absolute atomic E-state index is 0.0122. The first-order chi connectivity index (χ1) is 17.2. The van der Waals surface area contributed by atoms with Gasteiger partial charge in [0.2, 0.25) is 0 Å². The highest BCUT2D eigenvalue weighted by atomic mass is 32.1. The molecule has 2 atom stereocenters. The number of anilines is 2. The summed E-state index contributed by atoms with van der Waals surface area (Å²) in [4.78, 5) is 37.2. The van der Waals surface area contributed by atoms with E-state index in [2.05, 4.69) is 10.2 Å². The monoisotopic (exact) mass is 486 g/mol. The summed E-state index contributed by atoms with van der Waals surface area (Å²) < 4.78 is 5.61. The Labute approximate surface area is 207 Å². The molecule has 35 heavy (non-hydrogen) atoms. The van der Waals surface area contributed by atoms with Gasteiger partial charge >= 0.3 is 0 Å². The van der Waals surface area contributed by atoms with Crippen molar-refractivity contribution in [1.29, 1.82) is 0 Å². The summed E-state index contributed by atoms with van der Waals surface area (Å²) in [6.45, 7) is 1.98. The Morgan fingerprint density at radius 3 is 2.69 bits per heavy atom. The van der Waals surface area contributed by atoms with Crippen LogP contribution in [0.5, 0.6) is 0 Å². The molecule has 4 aliphatic rings. The lowest BCUT2D eigenvalue weighted by atomic mass is 9.91. The third-order valence-corrected chi connectivity index (χ3v) is 8.61. The molecule has 7 nitrogen and oxygen atoms in total. The van der Waals surface area contributed by atoms with Crippen molar-refractivity contribution in [3.05, 3.63) is 64.7 Å². The Kier molecular flexibility index (Phi) is 4.92. The molecule has 1 N–H and O–H groups in total. The minimum Gasteiger partial charge on any atom is -0.377 e. The number of amides is 2. The normalized spacial score (nSPS) is 22.5. The van der Waals surface area contributed by atoms with Crippen molar-refractivity contribution in [2.75, 3.05) is 29.6 Å². The van der Waals surface area contributed by atoms with Crippen LogP contribution in [0, 0.1) is 0 Å². The maximum absolute atomic E-state index is 13.8. The number of carbonyl (C=O) groups is 2.